The Labute approximate surface area is 108 Å². The smallest absolute Gasteiger partial charge is 0.238 e. The highest BCUT2D eigenvalue weighted by Gasteiger charge is 2.09. The van der Waals surface area contributed by atoms with Crippen molar-refractivity contribution in [1.29, 1.82) is 0 Å². The van der Waals surface area contributed by atoms with Gasteiger partial charge in [0, 0.05) is 0 Å². The average Bonchev–Trinajstić information content (AvgIpc) is 2.33. The van der Waals surface area contributed by atoms with Gasteiger partial charge in [-0.1, -0.05) is 44.7 Å². The number of rotatable bonds is 7. The molecule has 0 saturated heterocycles. The highest BCUT2D eigenvalue weighted by molar-refractivity contribution is 6.29. The van der Waals surface area contributed by atoms with Crippen LogP contribution in [0.4, 0.5) is 5.69 Å². The third-order valence-electron chi connectivity index (χ3n) is 2.85. The quantitative estimate of drug-likeness (QED) is 0.753. The Morgan fingerprint density at radius 3 is 2.82 bits per heavy atom. The number of unbranched alkanes of at least 4 members (excludes halogenated alkanes) is 1. The van der Waals surface area contributed by atoms with E-state index in [0.717, 1.165) is 6.42 Å². The molecule has 0 aromatic carbocycles. The molecule has 0 saturated carbocycles. The standard InChI is InChI=1S/C13H21ClN2O/c1-3-5-6-10(4-2)9-17-13-11(15)7-8-12(14)16-13/h7-8,10H,3-6,9,15H2,1-2H3. The molecule has 3 nitrogen and oxygen atoms in total. The molecule has 1 heterocycles. The molecule has 0 amide bonds. The van der Waals surface area contributed by atoms with Crippen molar-refractivity contribution in [3.8, 4) is 5.88 Å². The number of hydrogen-bond acceptors (Lipinski definition) is 3. The van der Waals surface area contributed by atoms with E-state index in [0.29, 0.717) is 29.2 Å². The van der Waals surface area contributed by atoms with Crippen LogP contribution in [0.3, 0.4) is 0 Å². The van der Waals surface area contributed by atoms with Crippen LogP contribution in [0.25, 0.3) is 0 Å². The molecule has 2 N–H and O–H groups in total. The molecule has 1 atom stereocenters. The molecule has 4 heteroatoms. The number of pyridine rings is 1. The van der Waals surface area contributed by atoms with Crippen LogP contribution in [0.5, 0.6) is 5.88 Å². The van der Waals surface area contributed by atoms with E-state index in [1.54, 1.807) is 12.1 Å². The van der Waals surface area contributed by atoms with E-state index >= 15 is 0 Å². The fraction of sp³-hybridized carbons (Fsp3) is 0.615. The fourth-order valence-electron chi connectivity index (χ4n) is 1.64. The summed E-state index contributed by atoms with van der Waals surface area (Å²) in [4.78, 5) is 4.08. The summed E-state index contributed by atoms with van der Waals surface area (Å²) in [6.07, 6.45) is 4.75. The van der Waals surface area contributed by atoms with Gasteiger partial charge in [0.1, 0.15) is 5.15 Å². The summed E-state index contributed by atoms with van der Waals surface area (Å²) in [6, 6.07) is 3.38. The van der Waals surface area contributed by atoms with Crippen LogP contribution in [0.2, 0.25) is 5.15 Å². The van der Waals surface area contributed by atoms with Crippen LogP contribution in [-0.4, -0.2) is 11.6 Å². The predicted molar refractivity (Wildman–Crippen MR) is 72.5 cm³/mol. The Bertz CT molecular complexity index is 344. The first kappa shape index (κ1) is 14.1. The lowest BCUT2D eigenvalue weighted by molar-refractivity contribution is 0.227. The molecule has 0 aliphatic heterocycles. The summed E-state index contributed by atoms with van der Waals surface area (Å²) in [6.45, 7) is 5.04. The molecular formula is C13H21ClN2O. The first-order valence-electron chi connectivity index (χ1n) is 6.22. The number of hydrogen-bond donors (Lipinski definition) is 1. The Morgan fingerprint density at radius 2 is 2.18 bits per heavy atom. The van der Waals surface area contributed by atoms with Gasteiger partial charge in [0.15, 0.2) is 0 Å². The van der Waals surface area contributed by atoms with Crippen LogP contribution in [0, 0.1) is 5.92 Å². The Balaban J connectivity index is 2.50. The zero-order valence-corrected chi connectivity index (χ0v) is 11.3. The van der Waals surface area contributed by atoms with Crippen LogP contribution < -0.4 is 10.5 Å². The minimum Gasteiger partial charge on any atom is -0.476 e. The van der Waals surface area contributed by atoms with Gasteiger partial charge in [-0.05, 0) is 24.5 Å². The van der Waals surface area contributed by atoms with Crippen LogP contribution in [0.15, 0.2) is 12.1 Å². The molecule has 1 aromatic heterocycles. The van der Waals surface area contributed by atoms with Crippen molar-refractivity contribution in [2.45, 2.75) is 39.5 Å². The van der Waals surface area contributed by atoms with Gasteiger partial charge in [-0.3, -0.25) is 0 Å². The summed E-state index contributed by atoms with van der Waals surface area (Å²) in [7, 11) is 0. The van der Waals surface area contributed by atoms with Gasteiger partial charge in [0.05, 0.1) is 12.3 Å². The van der Waals surface area contributed by atoms with Gasteiger partial charge in [-0.15, -0.1) is 0 Å². The molecule has 17 heavy (non-hydrogen) atoms. The molecule has 0 fully saturated rings. The Hall–Kier alpha value is -0.960. The maximum absolute atomic E-state index is 5.80. The second kappa shape index (κ2) is 7.38. The Morgan fingerprint density at radius 1 is 1.41 bits per heavy atom. The van der Waals surface area contributed by atoms with Gasteiger partial charge in [-0.2, -0.15) is 4.98 Å². The Kier molecular flexibility index (Phi) is 6.12. The molecule has 96 valence electrons. The van der Waals surface area contributed by atoms with Gasteiger partial charge in [0.25, 0.3) is 0 Å². The predicted octanol–water partition coefficient (Wildman–Crippen LogP) is 3.91. The van der Waals surface area contributed by atoms with Gasteiger partial charge >= 0.3 is 0 Å². The molecule has 1 rings (SSSR count). The summed E-state index contributed by atoms with van der Waals surface area (Å²) in [5.74, 6) is 1.02. The first-order valence-corrected chi connectivity index (χ1v) is 6.60. The van der Waals surface area contributed by atoms with Crippen molar-refractivity contribution in [2.24, 2.45) is 5.92 Å². The van der Waals surface area contributed by atoms with Gasteiger partial charge < -0.3 is 10.5 Å². The summed E-state index contributed by atoms with van der Waals surface area (Å²) in [5.41, 5.74) is 6.31. The van der Waals surface area contributed by atoms with E-state index in [2.05, 4.69) is 18.8 Å². The average molecular weight is 257 g/mol. The number of nitrogens with two attached hydrogens (primary N) is 1. The number of ether oxygens (including phenoxy) is 1. The minimum atomic E-state index is 0.413. The van der Waals surface area contributed by atoms with Crippen molar-refractivity contribution >= 4 is 17.3 Å². The van der Waals surface area contributed by atoms with Crippen molar-refractivity contribution in [2.75, 3.05) is 12.3 Å². The topological polar surface area (TPSA) is 48.1 Å². The highest BCUT2D eigenvalue weighted by Crippen LogP contribution is 2.22. The SMILES string of the molecule is CCCCC(CC)COc1nc(Cl)ccc1N. The van der Waals surface area contributed by atoms with Crippen molar-refractivity contribution in [3.63, 3.8) is 0 Å². The number of nitrogens with zero attached hydrogens (tertiary/aromatic N) is 1. The van der Waals surface area contributed by atoms with E-state index in [4.69, 9.17) is 22.1 Å². The molecule has 0 bridgehead atoms. The summed E-state index contributed by atoms with van der Waals surface area (Å²) >= 11 is 5.80. The van der Waals surface area contributed by atoms with Crippen molar-refractivity contribution in [1.82, 2.24) is 4.98 Å². The maximum atomic E-state index is 5.80. The third-order valence-corrected chi connectivity index (χ3v) is 3.07. The van der Waals surface area contributed by atoms with E-state index in [1.165, 1.54) is 19.3 Å². The molecule has 1 aromatic rings. The van der Waals surface area contributed by atoms with E-state index in [9.17, 15) is 0 Å². The molecule has 0 radical (unpaired) electrons. The molecule has 1 unspecified atom stereocenters. The lowest BCUT2D eigenvalue weighted by Crippen LogP contribution is -2.12. The lowest BCUT2D eigenvalue weighted by atomic mass is 10.0. The fourth-order valence-corrected chi connectivity index (χ4v) is 1.78. The number of anilines is 1. The van der Waals surface area contributed by atoms with E-state index in [-0.39, 0.29) is 0 Å². The molecule has 0 spiro atoms. The number of nitrogen functional groups attached to an aromatic ring is 1. The molecule has 0 aliphatic carbocycles. The second-order valence-electron chi connectivity index (χ2n) is 4.26. The highest BCUT2D eigenvalue weighted by atomic mass is 35.5. The zero-order chi connectivity index (χ0) is 12.7. The van der Waals surface area contributed by atoms with Crippen LogP contribution in [0.1, 0.15) is 39.5 Å². The summed E-state index contributed by atoms with van der Waals surface area (Å²) < 4.78 is 5.65. The van der Waals surface area contributed by atoms with Crippen LogP contribution >= 0.6 is 11.6 Å². The lowest BCUT2D eigenvalue weighted by Gasteiger charge is -2.15. The van der Waals surface area contributed by atoms with Gasteiger partial charge in [-0.25, -0.2) is 0 Å². The second-order valence-corrected chi connectivity index (χ2v) is 4.64. The van der Waals surface area contributed by atoms with Gasteiger partial charge in [0.2, 0.25) is 5.88 Å². The van der Waals surface area contributed by atoms with E-state index in [1.807, 2.05) is 0 Å². The van der Waals surface area contributed by atoms with E-state index < -0.39 is 0 Å². The zero-order valence-electron chi connectivity index (χ0n) is 10.6. The normalized spacial score (nSPS) is 12.4. The first-order chi connectivity index (χ1) is 8.17. The molecular weight excluding hydrogens is 236 g/mol. The summed E-state index contributed by atoms with van der Waals surface area (Å²) in [5, 5.41) is 0.413. The van der Waals surface area contributed by atoms with Crippen LogP contribution in [-0.2, 0) is 0 Å². The molecule has 0 aliphatic rings. The third kappa shape index (κ3) is 4.82. The van der Waals surface area contributed by atoms with Crippen molar-refractivity contribution in [3.05, 3.63) is 17.3 Å². The number of aromatic nitrogens is 1. The largest absolute Gasteiger partial charge is 0.476 e. The minimum absolute atomic E-state index is 0.413. The maximum Gasteiger partial charge on any atom is 0.238 e. The monoisotopic (exact) mass is 256 g/mol. The van der Waals surface area contributed by atoms with Crippen molar-refractivity contribution < 1.29 is 4.74 Å². The number of halogens is 1.